The summed E-state index contributed by atoms with van der Waals surface area (Å²) in [6, 6.07) is 2.94. The zero-order valence-electron chi connectivity index (χ0n) is 23.7. The van der Waals surface area contributed by atoms with Gasteiger partial charge in [-0.3, -0.25) is 14.6 Å². The molecule has 0 unspecified atom stereocenters. The van der Waals surface area contributed by atoms with E-state index >= 15 is 4.39 Å². The van der Waals surface area contributed by atoms with Crippen molar-refractivity contribution in [1.82, 2.24) is 24.8 Å². The highest BCUT2D eigenvalue weighted by Gasteiger charge is 2.34. The Balaban J connectivity index is 1.26. The van der Waals surface area contributed by atoms with Gasteiger partial charge in [-0.15, -0.1) is 0 Å². The lowest BCUT2D eigenvalue weighted by Crippen LogP contribution is -2.47. The van der Waals surface area contributed by atoms with E-state index in [4.69, 9.17) is 5.11 Å². The van der Waals surface area contributed by atoms with Crippen LogP contribution >= 0.6 is 11.3 Å². The van der Waals surface area contributed by atoms with Crippen LogP contribution in [0.2, 0.25) is 0 Å². The molecule has 2 N–H and O–H groups in total. The molecule has 0 radical (unpaired) electrons. The number of carboxylic acid groups (broad SMARTS) is 1. The molecule has 1 aromatic carbocycles. The van der Waals surface area contributed by atoms with Crippen molar-refractivity contribution in [2.45, 2.75) is 31.5 Å². The average molecular weight is 639 g/mol. The summed E-state index contributed by atoms with van der Waals surface area (Å²) in [5.74, 6) is -2.70. The first-order valence-corrected chi connectivity index (χ1v) is 15.2. The molecule has 0 bridgehead atoms. The molecule has 2 saturated heterocycles. The summed E-state index contributed by atoms with van der Waals surface area (Å²) in [5, 5.41) is 12.6. The van der Waals surface area contributed by atoms with Gasteiger partial charge < -0.3 is 20.2 Å². The number of halogens is 5. The van der Waals surface area contributed by atoms with Gasteiger partial charge >= 0.3 is 12.1 Å². The zero-order valence-corrected chi connectivity index (χ0v) is 24.5. The van der Waals surface area contributed by atoms with E-state index in [-0.39, 0.29) is 34.4 Å². The number of alkyl halides is 3. The number of hydrogen-bond donors (Lipinski definition) is 2. The number of thiazole rings is 1. The van der Waals surface area contributed by atoms with Gasteiger partial charge in [0.15, 0.2) is 16.8 Å². The highest BCUT2D eigenvalue weighted by atomic mass is 32.1. The van der Waals surface area contributed by atoms with Crippen molar-refractivity contribution in [3.63, 3.8) is 0 Å². The lowest BCUT2D eigenvalue weighted by molar-refractivity contribution is -0.138. The third-order valence-electron chi connectivity index (χ3n) is 8.08. The highest BCUT2D eigenvalue weighted by molar-refractivity contribution is 7.20. The van der Waals surface area contributed by atoms with Crippen LogP contribution in [0.1, 0.15) is 24.8 Å². The number of carboxylic acids is 1. The van der Waals surface area contributed by atoms with Crippen LogP contribution < -0.4 is 15.1 Å². The second-order valence-corrected chi connectivity index (χ2v) is 12.1. The first-order valence-electron chi connectivity index (χ1n) is 14.4. The fraction of sp³-hybridized carbons (Fsp3) is 0.500. The van der Waals surface area contributed by atoms with Crippen LogP contribution in [0.5, 0.6) is 0 Å². The maximum absolute atomic E-state index is 15.7. The van der Waals surface area contributed by atoms with E-state index in [2.05, 4.69) is 25.2 Å². The van der Waals surface area contributed by atoms with E-state index in [9.17, 15) is 22.4 Å². The topological polar surface area (TPSA) is 101 Å². The van der Waals surface area contributed by atoms with Crippen molar-refractivity contribution in [1.29, 1.82) is 0 Å². The van der Waals surface area contributed by atoms with Gasteiger partial charge in [-0.05, 0) is 31.0 Å². The van der Waals surface area contributed by atoms with Crippen LogP contribution in [0.25, 0.3) is 11.3 Å². The molecular weight excluding hydrogens is 607 g/mol. The van der Waals surface area contributed by atoms with Crippen molar-refractivity contribution in [2.24, 2.45) is 0 Å². The molecule has 10 nitrogen and oxygen atoms in total. The van der Waals surface area contributed by atoms with Crippen molar-refractivity contribution < 1.29 is 31.9 Å². The summed E-state index contributed by atoms with van der Waals surface area (Å²) in [6.45, 7) is 5.18. The molecule has 3 fully saturated rings. The summed E-state index contributed by atoms with van der Waals surface area (Å²) in [7, 11) is 0. The molecule has 0 amide bonds. The third-order valence-corrected chi connectivity index (χ3v) is 9.11. The lowest BCUT2D eigenvalue weighted by Gasteiger charge is -2.35. The average Bonchev–Trinajstić information content (AvgIpc) is 3.76. The maximum Gasteiger partial charge on any atom is 0.416 e. The molecule has 0 atom stereocenters. The maximum atomic E-state index is 15.7. The van der Waals surface area contributed by atoms with E-state index < -0.39 is 29.3 Å². The van der Waals surface area contributed by atoms with Gasteiger partial charge in [0.2, 0.25) is 5.82 Å². The minimum Gasteiger partial charge on any atom is -0.481 e. The number of hydrogen-bond acceptors (Lipinski definition) is 10. The molecule has 1 saturated carbocycles. The normalized spacial score (nSPS) is 18.6. The van der Waals surface area contributed by atoms with E-state index in [1.54, 1.807) is 4.90 Å². The second-order valence-electron chi connectivity index (χ2n) is 11.1. The molecule has 4 heterocycles. The molecule has 0 spiro atoms. The van der Waals surface area contributed by atoms with Crippen molar-refractivity contribution in [3.05, 3.63) is 41.7 Å². The fourth-order valence-electron chi connectivity index (χ4n) is 5.59. The van der Waals surface area contributed by atoms with Crippen molar-refractivity contribution in [2.75, 3.05) is 74.0 Å². The molecule has 1 aliphatic carbocycles. The van der Waals surface area contributed by atoms with Gasteiger partial charge in [0.1, 0.15) is 22.8 Å². The van der Waals surface area contributed by atoms with E-state index in [1.165, 1.54) is 6.33 Å². The lowest BCUT2D eigenvalue weighted by atomic mass is 10.1. The van der Waals surface area contributed by atoms with Gasteiger partial charge in [-0.25, -0.2) is 19.3 Å². The first kappa shape index (κ1) is 30.4. The zero-order chi connectivity index (χ0) is 31.0. The Kier molecular flexibility index (Phi) is 8.57. The number of rotatable bonds is 9. The second kappa shape index (κ2) is 12.4. The molecule has 3 aromatic rings. The highest BCUT2D eigenvalue weighted by Crippen LogP contribution is 2.43. The number of aromatic nitrogens is 3. The first-order chi connectivity index (χ1) is 21.0. The summed E-state index contributed by atoms with van der Waals surface area (Å²) >= 11 is 1.14. The van der Waals surface area contributed by atoms with Crippen molar-refractivity contribution >= 4 is 39.1 Å². The monoisotopic (exact) mass is 638 g/mol. The van der Waals surface area contributed by atoms with E-state index in [0.717, 1.165) is 49.4 Å². The summed E-state index contributed by atoms with van der Waals surface area (Å²) < 4.78 is 70.8. The number of anilines is 4. The summed E-state index contributed by atoms with van der Waals surface area (Å²) in [5.41, 5.74) is -0.963. The molecule has 6 rings (SSSR count). The van der Waals surface area contributed by atoms with Gasteiger partial charge in [-0.1, -0.05) is 11.3 Å². The molecule has 3 aliphatic rings. The fourth-order valence-corrected chi connectivity index (χ4v) is 6.63. The number of aliphatic carboxylic acids is 1. The van der Waals surface area contributed by atoms with Gasteiger partial charge in [0, 0.05) is 70.5 Å². The minimum atomic E-state index is -4.74. The Morgan fingerprint density at radius 3 is 2.34 bits per heavy atom. The Hall–Kier alpha value is -3.63. The van der Waals surface area contributed by atoms with Crippen LogP contribution in [0.4, 0.5) is 43.7 Å². The van der Waals surface area contributed by atoms with Crippen LogP contribution in [-0.2, 0) is 11.0 Å². The Labute approximate surface area is 254 Å². The number of nitrogens with one attached hydrogen (secondary N) is 1. The van der Waals surface area contributed by atoms with E-state index in [1.807, 2.05) is 9.80 Å². The molecule has 2 aromatic heterocycles. The summed E-state index contributed by atoms with van der Waals surface area (Å²) in [6.07, 6.45) is -1.18. The molecule has 16 heteroatoms. The predicted octanol–water partition coefficient (Wildman–Crippen LogP) is 4.52. The van der Waals surface area contributed by atoms with Crippen LogP contribution in [0.15, 0.2) is 24.5 Å². The van der Waals surface area contributed by atoms with Gasteiger partial charge in [0.05, 0.1) is 12.0 Å². The number of piperazine rings is 2. The molecule has 2 aliphatic heterocycles. The SMILES string of the molecule is O=C(O)CCN1CCN(c2ncnc(Nc3nc(-c4cc(F)cc(C(F)(F)F)c4)c(N4CCN(C5CC5)CC4)s3)c2F)CC1. The third kappa shape index (κ3) is 6.86. The van der Waals surface area contributed by atoms with Crippen LogP contribution in [0, 0.1) is 11.6 Å². The van der Waals surface area contributed by atoms with Crippen LogP contribution in [0.3, 0.4) is 0 Å². The van der Waals surface area contributed by atoms with Crippen molar-refractivity contribution in [3.8, 4) is 11.3 Å². The number of carbonyl (C=O) groups is 1. The van der Waals surface area contributed by atoms with E-state index in [0.29, 0.717) is 62.9 Å². The van der Waals surface area contributed by atoms with Gasteiger partial charge in [0.25, 0.3) is 0 Å². The minimum absolute atomic E-state index is 0.0223. The smallest absolute Gasteiger partial charge is 0.416 e. The quantitative estimate of drug-likeness (QED) is 0.326. The molecular formula is C28H31F5N8O2S. The largest absolute Gasteiger partial charge is 0.481 e. The Bertz CT molecular complexity index is 1500. The number of nitrogens with zero attached hydrogens (tertiary/aromatic N) is 7. The summed E-state index contributed by atoms with van der Waals surface area (Å²) in [4.78, 5) is 31.8. The van der Waals surface area contributed by atoms with Gasteiger partial charge in [-0.2, -0.15) is 17.6 Å². The Morgan fingerprint density at radius 1 is 0.977 bits per heavy atom. The molecule has 44 heavy (non-hydrogen) atoms. The standard InChI is InChI=1S/C28H31F5N8O2S/c29-19-14-17(13-18(15-19)28(31,32)33)23-26(41-11-9-39(10-12-41)20-1-2-20)44-27(36-23)37-24-22(30)25(35-16-34-24)40-7-5-38(6-8-40)4-3-21(42)43/h13-16,20H,1-12H2,(H,42,43)(H,34,35,36,37). The predicted molar refractivity (Wildman–Crippen MR) is 155 cm³/mol. The number of benzene rings is 1. The van der Waals surface area contributed by atoms with Crippen LogP contribution in [-0.4, -0.2) is 101 Å². The molecule has 236 valence electrons. The Morgan fingerprint density at radius 2 is 1.68 bits per heavy atom.